The summed E-state index contributed by atoms with van der Waals surface area (Å²) in [4.78, 5) is 12.8. The topological polar surface area (TPSA) is 59.6 Å². The van der Waals surface area contributed by atoms with Crippen LogP contribution in [0.1, 0.15) is 23.5 Å². The van der Waals surface area contributed by atoms with E-state index in [1.165, 1.54) is 0 Å². The number of benzene rings is 2. The first-order chi connectivity index (χ1) is 11.8. The molecule has 0 bridgehead atoms. The molecule has 6 heteroatoms. The molecule has 0 saturated carbocycles. The number of amides is 1. The SMILES string of the molecule is Cl.O=C(Nc1ccc2c(c1)CNCCO2)C1CCOc2ccccc21. The summed E-state index contributed by atoms with van der Waals surface area (Å²) in [5, 5.41) is 6.35. The number of nitrogens with one attached hydrogen (secondary N) is 2. The number of para-hydroxylation sites is 1. The Morgan fingerprint density at radius 1 is 1.08 bits per heavy atom. The van der Waals surface area contributed by atoms with Crippen LogP contribution in [0.3, 0.4) is 0 Å². The maximum absolute atomic E-state index is 12.8. The van der Waals surface area contributed by atoms with Gasteiger partial charge in [0.1, 0.15) is 18.1 Å². The van der Waals surface area contributed by atoms with Crippen molar-refractivity contribution in [3.63, 3.8) is 0 Å². The number of ether oxygens (including phenoxy) is 2. The Labute approximate surface area is 153 Å². The third-order valence-electron chi connectivity index (χ3n) is 4.45. The number of carbonyl (C=O) groups excluding carboxylic acids is 1. The Balaban J connectivity index is 0.00000182. The van der Waals surface area contributed by atoms with Crippen LogP contribution in [-0.4, -0.2) is 25.7 Å². The van der Waals surface area contributed by atoms with Crippen LogP contribution in [0.2, 0.25) is 0 Å². The van der Waals surface area contributed by atoms with Crippen molar-refractivity contribution in [2.75, 3.05) is 25.1 Å². The van der Waals surface area contributed by atoms with Gasteiger partial charge in [0.15, 0.2) is 0 Å². The standard InChI is InChI=1S/C19H20N2O3.ClH/c22-19(16-7-9-23-18-4-2-1-3-15(16)18)21-14-5-6-17-13(11-14)12-20-8-10-24-17;/h1-6,11,16,20H,7-10,12H2,(H,21,22);1H. The number of rotatable bonds is 2. The second-order valence-electron chi connectivity index (χ2n) is 6.06. The number of fused-ring (bicyclic) bond motifs is 2. The van der Waals surface area contributed by atoms with Gasteiger partial charge in [-0.2, -0.15) is 0 Å². The lowest BCUT2D eigenvalue weighted by molar-refractivity contribution is -0.118. The highest BCUT2D eigenvalue weighted by Gasteiger charge is 2.27. The van der Waals surface area contributed by atoms with Crippen LogP contribution in [0.15, 0.2) is 42.5 Å². The van der Waals surface area contributed by atoms with E-state index in [1.54, 1.807) is 0 Å². The lowest BCUT2D eigenvalue weighted by atomic mass is 9.92. The molecule has 2 aliphatic heterocycles. The summed E-state index contributed by atoms with van der Waals surface area (Å²) in [7, 11) is 0. The Bertz CT molecular complexity index is 766. The van der Waals surface area contributed by atoms with Crippen LogP contribution in [0.5, 0.6) is 11.5 Å². The van der Waals surface area contributed by atoms with E-state index >= 15 is 0 Å². The molecule has 2 aromatic carbocycles. The molecule has 0 radical (unpaired) electrons. The molecule has 2 aliphatic rings. The summed E-state index contributed by atoms with van der Waals surface area (Å²) in [5.41, 5.74) is 2.83. The normalized spacial score (nSPS) is 18.3. The van der Waals surface area contributed by atoms with Crippen molar-refractivity contribution in [2.24, 2.45) is 0 Å². The summed E-state index contributed by atoms with van der Waals surface area (Å²) < 4.78 is 11.3. The van der Waals surface area contributed by atoms with Gasteiger partial charge in [-0.25, -0.2) is 0 Å². The molecule has 1 atom stereocenters. The second kappa shape index (κ2) is 7.76. The minimum atomic E-state index is -0.178. The van der Waals surface area contributed by atoms with Gasteiger partial charge in [0.2, 0.25) is 5.91 Å². The van der Waals surface area contributed by atoms with Gasteiger partial charge in [-0.05, 0) is 30.7 Å². The summed E-state index contributed by atoms with van der Waals surface area (Å²) in [6.45, 7) is 2.81. The first-order valence-electron chi connectivity index (χ1n) is 8.30. The molecule has 1 amide bonds. The second-order valence-corrected chi connectivity index (χ2v) is 6.06. The molecule has 2 heterocycles. The van der Waals surface area contributed by atoms with Gasteiger partial charge in [-0.3, -0.25) is 4.79 Å². The maximum Gasteiger partial charge on any atom is 0.232 e. The molecule has 4 rings (SSSR count). The van der Waals surface area contributed by atoms with Crippen molar-refractivity contribution < 1.29 is 14.3 Å². The highest BCUT2D eigenvalue weighted by atomic mass is 35.5. The molecule has 0 aromatic heterocycles. The molecular formula is C19H21ClN2O3. The molecule has 5 nitrogen and oxygen atoms in total. The molecule has 0 spiro atoms. The van der Waals surface area contributed by atoms with Crippen LogP contribution >= 0.6 is 12.4 Å². The zero-order chi connectivity index (χ0) is 16.4. The third kappa shape index (κ3) is 3.72. The van der Waals surface area contributed by atoms with Crippen molar-refractivity contribution in [3.8, 4) is 11.5 Å². The fourth-order valence-electron chi connectivity index (χ4n) is 3.24. The van der Waals surface area contributed by atoms with Gasteiger partial charge in [0.25, 0.3) is 0 Å². The van der Waals surface area contributed by atoms with Crippen molar-refractivity contribution in [1.82, 2.24) is 5.32 Å². The smallest absolute Gasteiger partial charge is 0.232 e. The van der Waals surface area contributed by atoms with E-state index in [1.807, 2.05) is 42.5 Å². The minimum absolute atomic E-state index is 0. The highest BCUT2D eigenvalue weighted by molar-refractivity contribution is 5.96. The molecule has 25 heavy (non-hydrogen) atoms. The molecule has 0 aliphatic carbocycles. The van der Waals surface area contributed by atoms with Gasteiger partial charge in [0, 0.05) is 29.9 Å². The summed E-state index contributed by atoms with van der Waals surface area (Å²) >= 11 is 0. The average Bonchev–Trinajstić information content (AvgIpc) is 2.86. The molecular weight excluding hydrogens is 340 g/mol. The predicted molar refractivity (Wildman–Crippen MR) is 98.8 cm³/mol. The fraction of sp³-hybridized carbons (Fsp3) is 0.316. The monoisotopic (exact) mass is 360 g/mol. The first kappa shape index (κ1) is 17.6. The van der Waals surface area contributed by atoms with Crippen LogP contribution < -0.4 is 20.1 Å². The quantitative estimate of drug-likeness (QED) is 0.864. The van der Waals surface area contributed by atoms with Crippen molar-refractivity contribution >= 4 is 24.0 Å². The van der Waals surface area contributed by atoms with Crippen molar-refractivity contribution in [1.29, 1.82) is 0 Å². The van der Waals surface area contributed by atoms with Gasteiger partial charge in [0.05, 0.1) is 12.5 Å². The minimum Gasteiger partial charge on any atom is -0.493 e. The summed E-state index contributed by atoms with van der Waals surface area (Å²) in [6.07, 6.45) is 0.693. The Hall–Kier alpha value is -2.24. The van der Waals surface area contributed by atoms with E-state index < -0.39 is 0 Å². The number of halogens is 1. The van der Waals surface area contributed by atoms with Crippen molar-refractivity contribution in [3.05, 3.63) is 53.6 Å². The zero-order valence-electron chi connectivity index (χ0n) is 13.8. The van der Waals surface area contributed by atoms with Crippen LogP contribution in [0.25, 0.3) is 0 Å². The Morgan fingerprint density at radius 2 is 1.92 bits per heavy atom. The third-order valence-corrected chi connectivity index (χ3v) is 4.45. The number of anilines is 1. The van der Waals surface area contributed by atoms with Crippen LogP contribution in [-0.2, 0) is 11.3 Å². The van der Waals surface area contributed by atoms with Gasteiger partial charge in [-0.15, -0.1) is 12.4 Å². The molecule has 0 fully saturated rings. The Kier molecular flexibility index (Phi) is 5.46. The summed E-state index contributed by atoms with van der Waals surface area (Å²) in [5.74, 6) is 1.52. The van der Waals surface area contributed by atoms with Gasteiger partial charge in [-0.1, -0.05) is 18.2 Å². The van der Waals surface area contributed by atoms with E-state index in [2.05, 4.69) is 10.6 Å². The van der Waals surface area contributed by atoms with Gasteiger partial charge >= 0.3 is 0 Å². The predicted octanol–water partition coefficient (Wildman–Crippen LogP) is 3.10. The fourth-order valence-corrected chi connectivity index (χ4v) is 3.24. The Morgan fingerprint density at radius 3 is 2.84 bits per heavy atom. The van der Waals surface area contributed by atoms with E-state index in [0.29, 0.717) is 19.6 Å². The van der Waals surface area contributed by atoms with Crippen LogP contribution in [0, 0.1) is 0 Å². The van der Waals surface area contributed by atoms with Gasteiger partial charge < -0.3 is 20.1 Å². The first-order valence-corrected chi connectivity index (χ1v) is 8.30. The molecule has 1 unspecified atom stereocenters. The molecule has 132 valence electrons. The molecule has 0 saturated heterocycles. The maximum atomic E-state index is 12.8. The highest BCUT2D eigenvalue weighted by Crippen LogP contribution is 2.34. The van der Waals surface area contributed by atoms with E-state index in [4.69, 9.17) is 9.47 Å². The molecule has 2 N–H and O–H groups in total. The van der Waals surface area contributed by atoms with E-state index in [0.717, 1.165) is 41.4 Å². The largest absolute Gasteiger partial charge is 0.493 e. The summed E-state index contributed by atoms with van der Waals surface area (Å²) in [6, 6.07) is 13.6. The lowest BCUT2D eigenvalue weighted by Crippen LogP contribution is -2.26. The molecule has 2 aromatic rings. The lowest BCUT2D eigenvalue weighted by Gasteiger charge is -2.25. The van der Waals surface area contributed by atoms with Crippen molar-refractivity contribution in [2.45, 2.75) is 18.9 Å². The van der Waals surface area contributed by atoms with E-state index in [9.17, 15) is 4.79 Å². The number of hydrogen-bond donors (Lipinski definition) is 2. The zero-order valence-corrected chi connectivity index (χ0v) is 14.6. The average molecular weight is 361 g/mol. The van der Waals surface area contributed by atoms with Crippen LogP contribution in [0.4, 0.5) is 5.69 Å². The number of hydrogen-bond acceptors (Lipinski definition) is 4. The van der Waals surface area contributed by atoms with E-state index in [-0.39, 0.29) is 24.2 Å². The number of carbonyl (C=O) groups is 1.